The van der Waals surface area contributed by atoms with Gasteiger partial charge in [0.25, 0.3) is 0 Å². The topological polar surface area (TPSA) is 75.4 Å². The highest BCUT2D eigenvalue weighted by molar-refractivity contribution is 5.98. The van der Waals surface area contributed by atoms with Crippen molar-refractivity contribution in [2.45, 2.75) is 51.6 Å². The standard InChI is InChI=1S/C26H34N6O2/c1-3-30-13-6-8-19(30)17-27-24(33)11-12-26(34)31-14-7-15-32-25(31)16-22(28-32)21-18-29(2)23-10-5-4-9-20(21)23/h4-5,9-10,16,18-19H,3,6-8,11-15,17H2,1-2H3,(H,27,33)/t19-/m0/s1. The van der Waals surface area contributed by atoms with Crippen LogP contribution in [0.4, 0.5) is 5.82 Å². The number of para-hydroxylation sites is 1. The Morgan fingerprint density at radius 1 is 1.12 bits per heavy atom. The number of carbonyl (C=O) groups is 2. The minimum absolute atomic E-state index is 0.0171. The average Bonchev–Trinajstić information content (AvgIpc) is 3.57. The van der Waals surface area contributed by atoms with Crippen LogP contribution in [0.2, 0.25) is 0 Å². The minimum Gasteiger partial charge on any atom is -0.355 e. The van der Waals surface area contributed by atoms with Crippen LogP contribution in [0, 0.1) is 0 Å². The van der Waals surface area contributed by atoms with Gasteiger partial charge in [-0.2, -0.15) is 5.10 Å². The summed E-state index contributed by atoms with van der Waals surface area (Å²) < 4.78 is 4.04. The third-order valence-corrected chi connectivity index (χ3v) is 7.27. The van der Waals surface area contributed by atoms with E-state index in [9.17, 15) is 9.59 Å². The summed E-state index contributed by atoms with van der Waals surface area (Å²) in [5.41, 5.74) is 3.10. The van der Waals surface area contributed by atoms with Crippen LogP contribution in [0.1, 0.15) is 39.0 Å². The summed E-state index contributed by atoms with van der Waals surface area (Å²) >= 11 is 0. The summed E-state index contributed by atoms with van der Waals surface area (Å²) in [6.07, 6.45) is 5.71. The lowest BCUT2D eigenvalue weighted by atomic mass is 10.1. The summed E-state index contributed by atoms with van der Waals surface area (Å²) in [6.45, 7) is 6.41. The number of likely N-dealkylation sites (tertiary alicyclic amines) is 1. The molecule has 2 aliphatic rings. The van der Waals surface area contributed by atoms with Crippen molar-refractivity contribution in [3.05, 3.63) is 36.5 Å². The molecule has 4 heterocycles. The highest BCUT2D eigenvalue weighted by Crippen LogP contribution is 2.33. The number of rotatable bonds is 7. The second-order valence-corrected chi connectivity index (χ2v) is 9.41. The van der Waals surface area contributed by atoms with Crippen LogP contribution in [0.5, 0.6) is 0 Å². The molecule has 2 amide bonds. The van der Waals surface area contributed by atoms with E-state index in [1.807, 2.05) is 29.9 Å². The van der Waals surface area contributed by atoms with Gasteiger partial charge in [-0.25, -0.2) is 4.68 Å². The maximum absolute atomic E-state index is 13.1. The Morgan fingerprint density at radius 2 is 1.97 bits per heavy atom. The summed E-state index contributed by atoms with van der Waals surface area (Å²) in [6, 6.07) is 10.7. The molecule has 0 aliphatic carbocycles. The van der Waals surface area contributed by atoms with Gasteiger partial charge in [0.05, 0.1) is 5.69 Å². The van der Waals surface area contributed by atoms with E-state index in [0.29, 0.717) is 19.1 Å². The number of nitrogens with zero attached hydrogens (tertiary/aromatic N) is 5. The molecule has 1 N–H and O–H groups in total. The molecule has 5 rings (SSSR count). The predicted octanol–water partition coefficient (Wildman–Crippen LogP) is 3.16. The molecule has 180 valence electrons. The van der Waals surface area contributed by atoms with Crippen LogP contribution < -0.4 is 10.2 Å². The van der Waals surface area contributed by atoms with Gasteiger partial charge < -0.3 is 9.88 Å². The molecule has 0 bridgehead atoms. The largest absolute Gasteiger partial charge is 0.355 e. The Bertz CT molecular complexity index is 1200. The fourth-order valence-corrected chi connectivity index (χ4v) is 5.43. The van der Waals surface area contributed by atoms with Crippen LogP contribution in [0.25, 0.3) is 22.2 Å². The maximum Gasteiger partial charge on any atom is 0.228 e. The van der Waals surface area contributed by atoms with Crippen molar-refractivity contribution < 1.29 is 9.59 Å². The molecule has 1 fully saturated rings. The predicted molar refractivity (Wildman–Crippen MR) is 134 cm³/mol. The normalized spacial score (nSPS) is 18.4. The first-order valence-electron chi connectivity index (χ1n) is 12.5. The second kappa shape index (κ2) is 9.62. The first-order valence-corrected chi connectivity index (χ1v) is 12.5. The van der Waals surface area contributed by atoms with Gasteiger partial charge in [-0.05, 0) is 38.4 Å². The van der Waals surface area contributed by atoms with Gasteiger partial charge in [0.1, 0.15) is 5.82 Å². The van der Waals surface area contributed by atoms with Gasteiger partial charge in [-0.3, -0.25) is 19.4 Å². The number of aromatic nitrogens is 3. The van der Waals surface area contributed by atoms with E-state index < -0.39 is 0 Å². The van der Waals surface area contributed by atoms with Crippen molar-refractivity contribution in [3.8, 4) is 11.3 Å². The summed E-state index contributed by atoms with van der Waals surface area (Å²) in [7, 11) is 2.04. The van der Waals surface area contributed by atoms with Crippen molar-refractivity contribution in [1.29, 1.82) is 0 Å². The smallest absolute Gasteiger partial charge is 0.228 e. The average molecular weight is 463 g/mol. The van der Waals surface area contributed by atoms with Crippen molar-refractivity contribution in [2.24, 2.45) is 7.05 Å². The summed E-state index contributed by atoms with van der Waals surface area (Å²) in [5, 5.41) is 9.02. The molecule has 0 radical (unpaired) electrons. The van der Waals surface area contributed by atoms with Crippen molar-refractivity contribution >= 4 is 28.5 Å². The summed E-state index contributed by atoms with van der Waals surface area (Å²) in [4.78, 5) is 29.7. The van der Waals surface area contributed by atoms with E-state index in [1.54, 1.807) is 4.90 Å². The lowest BCUT2D eigenvalue weighted by Crippen LogP contribution is -2.41. The van der Waals surface area contributed by atoms with Crippen LogP contribution in [-0.2, 0) is 23.2 Å². The Morgan fingerprint density at radius 3 is 2.82 bits per heavy atom. The highest BCUT2D eigenvalue weighted by atomic mass is 16.2. The third kappa shape index (κ3) is 4.34. The monoisotopic (exact) mass is 462 g/mol. The van der Waals surface area contributed by atoms with Gasteiger partial charge in [0.15, 0.2) is 0 Å². The quantitative estimate of drug-likeness (QED) is 0.585. The first kappa shape index (κ1) is 22.7. The number of anilines is 1. The van der Waals surface area contributed by atoms with E-state index in [0.717, 1.165) is 60.5 Å². The molecule has 1 atom stereocenters. The lowest BCUT2D eigenvalue weighted by molar-refractivity contribution is -0.125. The lowest BCUT2D eigenvalue weighted by Gasteiger charge is -2.27. The zero-order valence-corrected chi connectivity index (χ0v) is 20.2. The molecule has 0 spiro atoms. The first-order chi connectivity index (χ1) is 16.5. The van der Waals surface area contributed by atoms with Gasteiger partial charge in [-0.15, -0.1) is 0 Å². The number of hydrogen-bond donors (Lipinski definition) is 1. The molecule has 1 saturated heterocycles. The number of nitrogens with one attached hydrogen (secondary N) is 1. The minimum atomic E-state index is -0.0433. The molecule has 8 heteroatoms. The molecule has 0 unspecified atom stereocenters. The van der Waals surface area contributed by atoms with Crippen molar-refractivity contribution in [1.82, 2.24) is 24.6 Å². The fraction of sp³-hybridized carbons (Fsp3) is 0.500. The molecule has 1 aromatic carbocycles. The van der Waals surface area contributed by atoms with Crippen LogP contribution in [-0.4, -0.2) is 63.3 Å². The second-order valence-electron chi connectivity index (χ2n) is 9.41. The number of hydrogen-bond acceptors (Lipinski definition) is 4. The molecule has 2 aromatic heterocycles. The van der Waals surface area contributed by atoms with E-state index in [1.165, 1.54) is 6.42 Å². The van der Waals surface area contributed by atoms with Crippen molar-refractivity contribution in [2.75, 3.05) is 31.1 Å². The molecule has 34 heavy (non-hydrogen) atoms. The number of carbonyl (C=O) groups excluding carboxylic acids is 2. The highest BCUT2D eigenvalue weighted by Gasteiger charge is 2.27. The van der Waals surface area contributed by atoms with Gasteiger partial charge in [0, 0.05) is 74.3 Å². The number of fused-ring (bicyclic) bond motifs is 2. The van der Waals surface area contributed by atoms with Gasteiger partial charge in [-0.1, -0.05) is 25.1 Å². The van der Waals surface area contributed by atoms with E-state index in [4.69, 9.17) is 5.10 Å². The van der Waals surface area contributed by atoms with Gasteiger partial charge in [0.2, 0.25) is 11.8 Å². The zero-order valence-electron chi connectivity index (χ0n) is 20.2. The zero-order chi connectivity index (χ0) is 23.7. The molecule has 0 saturated carbocycles. The maximum atomic E-state index is 13.1. The molecule has 3 aromatic rings. The van der Waals surface area contributed by atoms with E-state index in [-0.39, 0.29) is 24.7 Å². The molecular formula is C26H34N6O2. The SMILES string of the molecule is CCN1CCC[C@H]1CNC(=O)CCC(=O)N1CCCn2nc(-c3cn(C)c4ccccc34)cc21. The molecular weight excluding hydrogens is 428 g/mol. The number of likely N-dealkylation sites (N-methyl/N-ethyl adjacent to an activating group) is 1. The number of benzene rings is 1. The Kier molecular flexibility index (Phi) is 6.41. The van der Waals surface area contributed by atoms with Gasteiger partial charge >= 0.3 is 0 Å². The van der Waals surface area contributed by atoms with E-state index in [2.05, 4.69) is 40.0 Å². The fourth-order valence-electron chi connectivity index (χ4n) is 5.43. The van der Waals surface area contributed by atoms with Crippen LogP contribution in [0.15, 0.2) is 36.5 Å². The van der Waals surface area contributed by atoms with Crippen molar-refractivity contribution in [3.63, 3.8) is 0 Å². The Hall–Kier alpha value is -3.13. The number of amides is 2. The van der Waals surface area contributed by atoms with Crippen LogP contribution in [0.3, 0.4) is 0 Å². The third-order valence-electron chi connectivity index (χ3n) is 7.27. The number of aryl methyl sites for hydroxylation is 2. The Balaban J connectivity index is 1.24. The summed E-state index contributed by atoms with van der Waals surface area (Å²) in [5.74, 6) is 0.763. The van der Waals surface area contributed by atoms with E-state index >= 15 is 0 Å². The molecule has 8 nitrogen and oxygen atoms in total. The Labute approximate surface area is 200 Å². The molecule has 2 aliphatic heterocycles. The van der Waals surface area contributed by atoms with Crippen LogP contribution >= 0.6 is 0 Å².